The minimum atomic E-state index is -4.45. The van der Waals surface area contributed by atoms with E-state index in [1.807, 2.05) is 13.0 Å². The second kappa shape index (κ2) is 11.9. The molecule has 2 aliphatic rings. The van der Waals surface area contributed by atoms with E-state index < -0.39 is 42.9 Å². The maximum Gasteiger partial charge on any atom is 0.390 e. The molecule has 2 fully saturated rings. The van der Waals surface area contributed by atoms with Gasteiger partial charge >= 0.3 is 6.18 Å². The summed E-state index contributed by atoms with van der Waals surface area (Å²) in [5, 5.41) is 14.1. The number of fused-ring (bicyclic) bond motifs is 1. The van der Waals surface area contributed by atoms with Crippen LogP contribution in [0.2, 0.25) is 0 Å². The Morgan fingerprint density at radius 3 is 2.45 bits per heavy atom. The summed E-state index contributed by atoms with van der Waals surface area (Å²) >= 11 is 0. The van der Waals surface area contributed by atoms with Gasteiger partial charge in [0.05, 0.1) is 43.1 Å². The van der Waals surface area contributed by atoms with Crippen LogP contribution in [0.15, 0.2) is 24.8 Å². The van der Waals surface area contributed by atoms with Crippen molar-refractivity contribution in [1.29, 1.82) is 0 Å². The molecule has 228 valence electrons. The van der Waals surface area contributed by atoms with Gasteiger partial charge in [-0.3, -0.25) is 9.59 Å². The number of imidazole rings is 1. The SMILES string of the molecule is CCCC(=O)N[C@@H](c1cnn2cc([C@@H](NC(=O)c3ncnn3CCC(F)(F)F)C3CCC(F)(F)CC3)nc2c1)C1CC1. The highest BCUT2D eigenvalue weighted by atomic mass is 19.4. The maximum atomic E-state index is 14.0. The Kier molecular flexibility index (Phi) is 8.46. The molecule has 10 nitrogen and oxygen atoms in total. The maximum absolute atomic E-state index is 14.0. The smallest absolute Gasteiger partial charge is 0.349 e. The summed E-state index contributed by atoms with van der Waals surface area (Å²) in [5.74, 6) is -4.05. The number of alkyl halides is 5. The van der Waals surface area contributed by atoms with Crippen molar-refractivity contribution in [3.05, 3.63) is 41.9 Å². The number of nitrogens with zero attached hydrogens (tertiary/aromatic N) is 6. The molecule has 3 heterocycles. The van der Waals surface area contributed by atoms with E-state index in [4.69, 9.17) is 0 Å². The van der Waals surface area contributed by atoms with Crippen molar-refractivity contribution in [2.75, 3.05) is 0 Å². The highest BCUT2D eigenvalue weighted by Gasteiger charge is 2.40. The second-order valence-electron chi connectivity index (χ2n) is 11.2. The van der Waals surface area contributed by atoms with Crippen molar-refractivity contribution in [1.82, 2.24) is 40.0 Å². The highest BCUT2D eigenvalue weighted by Crippen LogP contribution is 2.42. The van der Waals surface area contributed by atoms with Gasteiger partial charge in [-0.15, -0.1) is 0 Å². The third-order valence-corrected chi connectivity index (χ3v) is 7.87. The average molecular weight is 597 g/mol. The number of amides is 2. The van der Waals surface area contributed by atoms with E-state index in [1.165, 1.54) is 4.52 Å². The van der Waals surface area contributed by atoms with Gasteiger partial charge in [0.15, 0.2) is 5.65 Å². The first-order valence-electron chi connectivity index (χ1n) is 14.2. The molecule has 2 amide bonds. The molecule has 2 atom stereocenters. The minimum Gasteiger partial charge on any atom is -0.349 e. The summed E-state index contributed by atoms with van der Waals surface area (Å²) in [6.07, 6.45) is 1.22. The van der Waals surface area contributed by atoms with E-state index >= 15 is 0 Å². The van der Waals surface area contributed by atoms with Crippen LogP contribution in [-0.4, -0.2) is 53.3 Å². The zero-order valence-corrected chi connectivity index (χ0v) is 23.1. The third kappa shape index (κ3) is 7.21. The Labute approximate surface area is 238 Å². The van der Waals surface area contributed by atoms with Crippen molar-refractivity contribution in [3.63, 3.8) is 0 Å². The van der Waals surface area contributed by atoms with Crippen LogP contribution in [0.5, 0.6) is 0 Å². The normalized spacial score (nSPS) is 19.0. The molecule has 0 unspecified atom stereocenters. The number of hydrogen-bond acceptors (Lipinski definition) is 6. The number of rotatable bonds is 11. The average Bonchev–Trinajstić information content (AvgIpc) is 3.49. The van der Waals surface area contributed by atoms with Gasteiger partial charge in [-0.1, -0.05) is 6.92 Å². The lowest BCUT2D eigenvalue weighted by molar-refractivity contribution is -0.137. The van der Waals surface area contributed by atoms with Crippen molar-refractivity contribution in [2.45, 2.75) is 95.4 Å². The van der Waals surface area contributed by atoms with Crippen LogP contribution in [0.4, 0.5) is 22.0 Å². The predicted octanol–water partition coefficient (Wildman–Crippen LogP) is 4.94. The first-order chi connectivity index (χ1) is 19.9. The van der Waals surface area contributed by atoms with Crippen LogP contribution >= 0.6 is 0 Å². The molecular formula is C27H33F5N8O2. The van der Waals surface area contributed by atoms with Gasteiger partial charge in [0.2, 0.25) is 17.7 Å². The van der Waals surface area contributed by atoms with Crippen LogP contribution in [0.25, 0.3) is 5.65 Å². The molecule has 42 heavy (non-hydrogen) atoms. The molecule has 5 rings (SSSR count). The summed E-state index contributed by atoms with van der Waals surface area (Å²) in [4.78, 5) is 34.1. The molecule has 0 radical (unpaired) electrons. The number of halogens is 5. The van der Waals surface area contributed by atoms with Crippen molar-refractivity contribution in [3.8, 4) is 0 Å². The largest absolute Gasteiger partial charge is 0.390 e. The monoisotopic (exact) mass is 596 g/mol. The van der Waals surface area contributed by atoms with Gasteiger partial charge in [0, 0.05) is 19.3 Å². The van der Waals surface area contributed by atoms with E-state index in [0.29, 0.717) is 23.7 Å². The third-order valence-electron chi connectivity index (χ3n) is 7.87. The molecule has 0 bridgehead atoms. The Hall–Kier alpha value is -3.65. The van der Waals surface area contributed by atoms with Gasteiger partial charge in [0.25, 0.3) is 5.91 Å². The first kappa shape index (κ1) is 29.8. The Balaban J connectivity index is 1.41. The van der Waals surface area contributed by atoms with Gasteiger partial charge in [0.1, 0.15) is 6.33 Å². The lowest BCUT2D eigenvalue weighted by Crippen LogP contribution is -2.38. The Bertz CT molecular complexity index is 1410. The molecule has 0 spiro atoms. The zero-order chi connectivity index (χ0) is 30.1. The summed E-state index contributed by atoms with van der Waals surface area (Å²) in [7, 11) is 0. The van der Waals surface area contributed by atoms with Gasteiger partial charge in [-0.2, -0.15) is 23.4 Å². The Morgan fingerprint density at radius 2 is 1.79 bits per heavy atom. The second-order valence-corrected chi connectivity index (χ2v) is 11.2. The summed E-state index contributed by atoms with van der Waals surface area (Å²) in [6, 6.07) is 0.781. The molecule has 0 aliphatic heterocycles. The summed E-state index contributed by atoms with van der Waals surface area (Å²) in [5.41, 5.74) is 1.62. The van der Waals surface area contributed by atoms with Crippen LogP contribution in [0.3, 0.4) is 0 Å². The predicted molar refractivity (Wildman–Crippen MR) is 139 cm³/mol. The molecule has 3 aromatic heterocycles. The van der Waals surface area contributed by atoms with Crippen molar-refractivity contribution >= 4 is 17.5 Å². The first-order valence-corrected chi connectivity index (χ1v) is 14.2. The molecule has 2 saturated carbocycles. The topological polar surface area (TPSA) is 119 Å². The zero-order valence-electron chi connectivity index (χ0n) is 23.1. The number of carbonyl (C=O) groups excluding carboxylic acids is 2. The molecule has 2 aliphatic carbocycles. The lowest BCUT2D eigenvalue weighted by Gasteiger charge is -2.33. The standard InChI is InChI=1S/C27H33F5N8O2/c1-2-3-21(41)37-22(16-4-5-16)18-12-20-36-19(14-40(20)34-13-18)23(17-6-8-26(28,29)9-7-17)38-25(42)24-33-15-35-39(24)11-10-27(30,31)32/h12-17,22-23H,2-11H2,1H3,(H,37,41)(H,38,42)/t22-,23+/m1/s1. The number of aryl methyl sites for hydroxylation is 1. The van der Waals surface area contributed by atoms with E-state index in [-0.39, 0.29) is 43.5 Å². The number of aromatic nitrogens is 6. The summed E-state index contributed by atoms with van der Waals surface area (Å²) < 4.78 is 68.7. The quantitative estimate of drug-likeness (QED) is 0.303. The van der Waals surface area contributed by atoms with Crippen molar-refractivity contribution in [2.24, 2.45) is 11.8 Å². The fourth-order valence-electron chi connectivity index (χ4n) is 5.48. The fraction of sp³-hybridized carbons (Fsp3) is 0.630. The van der Waals surface area contributed by atoms with E-state index in [9.17, 15) is 31.5 Å². The van der Waals surface area contributed by atoms with Gasteiger partial charge < -0.3 is 10.6 Å². The summed E-state index contributed by atoms with van der Waals surface area (Å²) in [6.45, 7) is 1.34. The molecule has 0 aromatic carbocycles. The number of carbonyl (C=O) groups is 2. The van der Waals surface area contributed by atoms with Crippen LogP contribution < -0.4 is 10.6 Å². The highest BCUT2D eigenvalue weighted by molar-refractivity contribution is 5.90. The van der Waals surface area contributed by atoms with Crippen molar-refractivity contribution < 1.29 is 31.5 Å². The van der Waals surface area contributed by atoms with Crippen LogP contribution in [0.1, 0.15) is 98.7 Å². The molecular weight excluding hydrogens is 563 g/mol. The molecule has 2 N–H and O–H groups in total. The van der Waals surface area contributed by atoms with Crippen LogP contribution in [-0.2, 0) is 11.3 Å². The van der Waals surface area contributed by atoms with Gasteiger partial charge in [-0.25, -0.2) is 27.9 Å². The molecule has 15 heteroatoms. The molecule has 0 saturated heterocycles. The number of hydrogen-bond donors (Lipinski definition) is 2. The number of nitrogens with one attached hydrogen (secondary N) is 2. The van der Waals surface area contributed by atoms with Gasteiger partial charge in [-0.05, 0) is 55.6 Å². The Morgan fingerprint density at radius 1 is 1.07 bits per heavy atom. The van der Waals surface area contributed by atoms with Crippen LogP contribution in [0, 0.1) is 11.8 Å². The van der Waals surface area contributed by atoms with E-state index in [1.54, 1.807) is 12.4 Å². The lowest BCUT2D eigenvalue weighted by atomic mass is 9.81. The van der Waals surface area contributed by atoms with E-state index in [0.717, 1.165) is 35.8 Å². The molecule has 3 aromatic rings. The fourth-order valence-corrected chi connectivity index (χ4v) is 5.48. The minimum absolute atomic E-state index is 0.0433. The van der Waals surface area contributed by atoms with E-state index in [2.05, 4.69) is 30.8 Å².